The number of carbonyl (C=O) groups is 2. The zero-order valence-electron chi connectivity index (χ0n) is 22.6. The van der Waals surface area contributed by atoms with E-state index in [2.05, 4.69) is 47.6 Å². The van der Waals surface area contributed by atoms with Gasteiger partial charge in [0.2, 0.25) is 0 Å². The van der Waals surface area contributed by atoms with Crippen molar-refractivity contribution in [3.63, 3.8) is 0 Å². The van der Waals surface area contributed by atoms with Gasteiger partial charge < -0.3 is 15.3 Å². The van der Waals surface area contributed by atoms with E-state index in [-0.39, 0.29) is 34.7 Å². The Morgan fingerprint density at radius 1 is 0.857 bits per heavy atom. The number of rotatable bonds is 2. The molecule has 0 spiro atoms. The van der Waals surface area contributed by atoms with Crippen molar-refractivity contribution >= 4 is 11.9 Å². The number of carboxylic acid groups (broad SMARTS) is 2. The van der Waals surface area contributed by atoms with Gasteiger partial charge in [0.05, 0.1) is 16.9 Å². The van der Waals surface area contributed by atoms with Crippen molar-refractivity contribution in [3.8, 4) is 0 Å². The topological polar surface area (TPSA) is 94.8 Å². The van der Waals surface area contributed by atoms with Gasteiger partial charge in [-0.3, -0.25) is 9.59 Å². The first-order chi connectivity index (χ1) is 16.2. The molecule has 0 aliphatic heterocycles. The summed E-state index contributed by atoms with van der Waals surface area (Å²) in [6.07, 6.45) is 8.62. The molecule has 0 saturated heterocycles. The number of aliphatic hydroxyl groups is 1. The largest absolute Gasteiger partial charge is 0.481 e. The summed E-state index contributed by atoms with van der Waals surface area (Å²) in [6.45, 7) is 13.4. The molecule has 0 heterocycles. The smallest absolute Gasteiger partial charge is 0.314 e. The molecule has 0 bridgehead atoms. The van der Waals surface area contributed by atoms with Gasteiger partial charge in [-0.2, -0.15) is 0 Å². The predicted octanol–water partition coefficient (Wildman–Crippen LogP) is 6.15. The van der Waals surface area contributed by atoms with Crippen LogP contribution in [0, 0.1) is 56.7 Å². The second-order valence-corrected chi connectivity index (χ2v) is 14.4. The molecule has 0 aromatic carbocycles. The minimum absolute atomic E-state index is 0.0347. The molecule has 3 N–H and O–H groups in total. The second-order valence-electron chi connectivity index (χ2n) is 14.4. The number of carboxylic acids is 2. The summed E-state index contributed by atoms with van der Waals surface area (Å²) in [5.41, 5.74) is -1.53. The van der Waals surface area contributed by atoms with Gasteiger partial charge in [0.25, 0.3) is 0 Å². The third kappa shape index (κ3) is 2.85. The van der Waals surface area contributed by atoms with E-state index >= 15 is 0 Å². The van der Waals surface area contributed by atoms with Gasteiger partial charge in [-0.05, 0) is 104 Å². The molecule has 5 nitrogen and oxygen atoms in total. The maximum Gasteiger partial charge on any atom is 0.314 e. The summed E-state index contributed by atoms with van der Waals surface area (Å²) < 4.78 is 0. The molecule has 5 rings (SSSR count). The van der Waals surface area contributed by atoms with Gasteiger partial charge in [-0.15, -0.1) is 0 Å². The molecular weight excluding hydrogens is 440 g/mol. The zero-order valence-corrected chi connectivity index (χ0v) is 22.6. The molecule has 5 aliphatic rings. The fourth-order valence-electron chi connectivity index (χ4n) is 11.0. The number of allylic oxidation sites excluding steroid dienone is 1. The minimum Gasteiger partial charge on any atom is -0.481 e. The lowest BCUT2D eigenvalue weighted by molar-refractivity contribution is -0.216. The van der Waals surface area contributed by atoms with E-state index in [4.69, 9.17) is 0 Å². The number of aliphatic hydroxyl groups excluding tert-OH is 1. The first-order valence-electron chi connectivity index (χ1n) is 14.1. The number of aliphatic carboxylic acids is 2. The molecule has 0 amide bonds. The predicted molar refractivity (Wildman–Crippen MR) is 135 cm³/mol. The highest BCUT2D eigenvalue weighted by Crippen LogP contribution is 2.75. The van der Waals surface area contributed by atoms with Gasteiger partial charge in [0, 0.05) is 0 Å². The summed E-state index contributed by atoms with van der Waals surface area (Å²) in [6, 6.07) is 0. The lowest BCUT2D eigenvalue weighted by atomic mass is 9.33. The summed E-state index contributed by atoms with van der Waals surface area (Å²) in [5.74, 6) is -0.563. The Kier molecular flexibility index (Phi) is 5.48. The summed E-state index contributed by atoms with van der Waals surface area (Å²) in [4.78, 5) is 26.3. The van der Waals surface area contributed by atoms with Crippen LogP contribution in [0.1, 0.15) is 99.3 Å². The highest BCUT2D eigenvalue weighted by atomic mass is 16.4. The minimum atomic E-state index is -1.00. The van der Waals surface area contributed by atoms with E-state index in [0.29, 0.717) is 31.1 Å². The van der Waals surface area contributed by atoms with Crippen molar-refractivity contribution in [1.82, 2.24) is 0 Å². The summed E-state index contributed by atoms with van der Waals surface area (Å²) in [7, 11) is 0. The molecule has 0 radical (unpaired) electrons. The van der Waals surface area contributed by atoms with Crippen molar-refractivity contribution in [3.05, 3.63) is 11.6 Å². The maximum atomic E-state index is 13.5. The van der Waals surface area contributed by atoms with Crippen LogP contribution in [0.4, 0.5) is 0 Å². The Morgan fingerprint density at radius 3 is 2.17 bits per heavy atom. The van der Waals surface area contributed by atoms with Crippen molar-refractivity contribution in [2.75, 3.05) is 0 Å². The third-order valence-corrected chi connectivity index (χ3v) is 13.2. The second kappa shape index (κ2) is 7.58. The molecule has 2 unspecified atom stereocenters. The van der Waals surface area contributed by atoms with Crippen LogP contribution in [0.3, 0.4) is 0 Å². The van der Waals surface area contributed by atoms with Crippen LogP contribution in [-0.2, 0) is 9.59 Å². The van der Waals surface area contributed by atoms with Crippen LogP contribution >= 0.6 is 0 Å². The molecule has 196 valence electrons. The molecule has 0 aromatic heterocycles. The molecule has 5 aliphatic carbocycles. The van der Waals surface area contributed by atoms with Crippen LogP contribution in [0.5, 0.6) is 0 Å². The van der Waals surface area contributed by atoms with Crippen molar-refractivity contribution < 1.29 is 24.9 Å². The van der Waals surface area contributed by atoms with Crippen LogP contribution in [-0.4, -0.2) is 33.4 Å². The highest BCUT2D eigenvalue weighted by molar-refractivity contribution is 5.84. The van der Waals surface area contributed by atoms with Crippen LogP contribution in [0.15, 0.2) is 11.6 Å². The maximum absolute atomic E-state index is 13.5. The Bertz CT molecular complexity index is 968. The molecule has 5 heteroatoms. The van der Waals surface area contributed by atoms with Crippen LogP contribution in [0.2, 0.25) is 0 Å². The Hall–Kier alpha value is -1.36. The van der Waals surface area contributed by atoms with Crippen molar-refractivity contribution in [2.45, 2.75) is 105 Å². The average Bonchev–Trinajstić information content (AvgIpc) is 2.78. The van der Waals surface area contributed by atoms with Gasteiger partial charge in [-0.25, -0.2) is 0 Å². The van der Waals surface area contributed by atoms with Crippen LogP contribution in [0.25, 0.3) is 0 Å². The zero-order chi connectivity index (χ0) is 25.8. The Morgan fingerprint density at radius 2 is 1.54 bits per heavy atom. The van der Waals surface area contributed by atoms with E-state index < -0.39 is 28.2 Å². The van der Waals surface area contributed by atoms with E-state index in [9.17, 15) is 24.9 Å². The van der Waals surface area contributed by atoms with Gasteiger partial charge >= 0.3 is 11.9 Å². The van der Waals surface area contributed by atoms with E-state index in [1.54, 1.807) is 0 Å². The molecule has 4 saturated carbocycles. The fraction of sp³-hybridized carbons (Fsp3) is 0.867. The summed E-state index contributed by atoms with van der Waals surface area (Å²) in [5, 5.41) is 32.5. The Balaban J connectivity index is 1.68. The lowest BCUT2D eigenvalue weighted by Crippen LogP contribution is -2.67. The highest BCUT2D eigenvalue weighted by Gasteiger charge is 2.73. The van der Waals surface area contributed by atoms with Gasteiger partial charge in [-0.1, -0.05) is 53.2 Å². The molecule has 35 heavy (non-hydrogen) atoms. The standard InChI is InChI=1S/C30H46O5/c1-17-9-14-29(24(32)33)15-16-30(25(34)35)19(23(29)18(17)2)7-8-21-27(5)12-11-22(31)26(3,4)20(27)10-13-28(21,30)6/h7,17-18,20-23,31H,8-16H2,1-6H3,(H,32,33)(H,34,35)/t17-,18+,20?,21?,22+,23+,27+,28-,29+,30-/m1/s1. The van der Waals surface area contributed by atoms with Gasteiger partial charge in [0.15, 0.2) is 0 Å². The fourth-order valence-corrected chi connectivity index (χ4v) is 11.0. The van der Waals surface area contributed by atoms with E-state index in [1.165, 1.54) is 0 Å². The normalized spacial score (nSPS) is 52.7. The first-order valence-corrected chi connectivity index (χ1v) is 14.1. The molecule has 10 atom stereocenters. The molecular formula is C30H46O5. The van der Waals surface area contributed by atoms with E-state index in [1.807, 2.05) is 0 Å². The van der Waals surface area contributed by atoms with Crippen LogP contribution < -0.4 is 0 Å². The molecule has 0 aromatic rings. The number of hydrogen-bond donors (Lipinski definition) is 3. The Labute approximate surface area is 210 Å². The average molecular weight is 487 g/mol. The molecule has 4 fully saturated rings. The SMILES string of the molecule is C[C@H]1[C@H](C)CC[C@]2(C(=O)O)CC[C@]3(C(=O)O)C(=CCC4[C@@]5(C)CC[C@H](O)C(C)(C)C5CC[C@]43C)[C@H]12. The van der Waals surface area contributed by atoms with Crippen molar-refractivity contribution in [1.29, 1.82) is 0 Å². The summed E-state index contributed by atoms with van der Waals surface area (Å²) >= 11 is 0. The van der Waals surface area contributed by atoms with E-state index in [0.717, 1.165) is 44.1 Å². The number of hydrogen-bond acceptors (Lipinski definition) is 3. The van der Waals surface area contributed by atoms with Crippen molar-refractivity contribution in [2.24, 2.45) is 56.7 Å². The lowest BCUT2D eigenvalue weighted by Gasteiger charge is -2.70. The number of fused-ring (bicyclic) bond motifs is 7. The third-order valence-electron chi connectivity index (χ3n) is 13.2. The van der Waals surface area contributed by atoms with Gasteiger partial charge in [0.1, 0.15) is 0 Å². The monoisotopic (exact) mass is 486 g/mol. The quantitative estimate of drug-likeness (QED) is 0.407. The first kappa shape index (κ1) is 25.3.